The van der Waals surface area contributed by atoms with E-state index in [2.05, 4.69) is 30.5 Å². The van der Waals surface area contributed by atoms with Gasteiger partial charge in [-0.25, -0.2) is 11.6 Å². The highest BCUT2D eigenvalue weighted by atomic mass is 35.5. The first-order chi connectivity index (χ1) is 15.6. The number of carbonyl (C=O) groups is 1. The number of alkyl halides is 2. The quantitative estimate of drug-likeness (QED) is 0.545. The van der Waals surface area contributed by atoms with E-state index < -0.39 is 18.0 Å². The van der Waals surface area contributed by atoms with E-state index in [0.717, 1.165) is 12.8 Å². The summed E-state index contributed by atoms with van der Waals surface area (Å²) in [4.78, 5) is 23.2. The summed E-state index contributed by atoms with van der Waals surface area (Å²) in [5.74, 6) is -0.519. The fraction of sp³-hybridized carbons (Fsp3) is 0.571. The van der Waals surface area contributed by atoms with Gasteiger partial charge in [-0.3, -0.25) is 9.64 Å². The Balaban J connectivity index is 1.57. The molecule has 0 spiro atoms. The highest BCUT2D eigenvalue weighted by molar-refractivity contribution is 6.31. The molecule has 1 amide bonds. The van der Waals surface area contributed by atoms with Crippen LogP contribution in [0.1, 0.15) is 45.2 Å². The van der Waals surface area contributed by atoms with E-state index in [1.54, 1.807) is 24.7 Å². The number of hydrogen-bond donors (Lipinski definition) is 2. The van der Waals surface area contributed by atoms with E-state index >= 15 is 0 Å². The number of ether oxygens (including phenoxy) is 1. The zero-order chi connectivity index (χ0) is 24.2. The van der Waals surface area contributed by atoms with Gasteiger partial charge in [0.2, 0.25) is 11.8 Å². The number of nitrogens with one attached hydrogen (secondary N) is 2. The van der Waals surface area contributed by atoms with Crippen LogP contribution < -0.4 is 15.4 Å². The Morgan fingerprint density at radius 3 is 2.73 bits per heavy atom. The average molecular weight is 482 g/mol. The zero-order valence-corrected chi connectivity index (χ0v) is 19.4. The summed E-state index contributed by atoms with van der Waals surface area (Å²) >= 11 is 6.20. The van der Waals surface area contributed by atoms with Crippen molar-refractivity contribution in [3.05, 3.63) is 34.5 Å². The summed E-state index contributed by atoms with van der Waals surface area (Å²) in [6, 6.07) is -0.238. The molecule has 2 N–H and O–H groups in total. The van der Waals surface area contributed by atoms with Crippen molar-refractivity contribution in [1.29, 1.82) is 0 Å². The van der Waals surface area contributed by atoms with Gasteiger partial charge in [0.05, 0.1) is 30.4 Å². The second-order valence-corrected chi connectivity index (χ2v) is 8.90. The molecule has 3 rings (SSSR count). The Morgan fingerprint density at radius 1 is 1.39 bits per heavy atom. The van der Waals surface area contributed by atoms with Crippen molar-refractivity contribution in [3.63, 3.8) is 0 Å². The lowest BCUT2D eigenvalue weighted by atomic mass is 9.86. The van der Waals surface area contributed by atoms with Crippen LogP contribution in [0.15, 0.2) is 12.4 Å². The minimum absolute atomic E-state index is 0.198. The van der Waals surface area contributed by atoms with Crippen LogP contribution in [0.3, 0.4) is 0 Å². The molecule has 9 nitrogen and oxygen atoms in total. The lowest BCUT2D eigenvalue weighted by Gasteiger charge is -2.28. The van der Waals surface area contributed by atoms with Crippen LogP contribution in [0.25, 0.3) is 4.85 Å². The molecule has 2 heterocycles. The third kappa shape index (κ3) is 6.28. The number of carbonyl (C=O) groups excluding carboxylic acids is 1. The van der Waals surface area contributed by atoms with Gasteiger partial charge in [-0.2, -0.15) is 23.5 Å². The number of amides is 1. The Labute approximate surface area is 195 Å². The molecule has 0 atom stereocenters. The Hall–Kier alpha value is -3.00. The van der Waals surface area contributed by atoms with Crippen LogP contribution in [0.4, 0.5) is 20.4 Å². The first-order valence-electron chi connectivity index (χ1n) is 10.5. The SMILES string of the molecule is [C-]#[N+]C(C)(C)n1cc(Nc2ncc(Cl)c(OCC3CCC(NC(=O)C(F)F)CC3)n2)c(C)n1. The fourth-order valence-electron chi connectivity index (χ4n) is 3.48. The molecule has 0 aromatic carbocycles. The van der Waals surface area contributed by atoms with Crippen LogP contribution in [0.2, 0.25) is 5.02 Å². The molecule has 2 aromatic rings. The molecule has 1 saturated carbocycles. The lowest BCUT2D eigenvalue weighted by molar-refractivity contribution is -0.132. The van der Waals surface area contributed by atoms with E-state index in [4.69, 9.17) is 22.9 Å². The predicted octanol–water partition coefficient (Wildman–Crippen LogP) is 4.31. The molecule has 0 unspecified atom stereocenters. The van der Waals surface area contributed by atoms with Crippen molar-refractivity contribution < 1.29 is 18.3 Å². The van der Waals surface area contributed by atoms with Crippen LogP contribution in [0.5, 0.6) is 5.88 Å². The van der Waals surface area contributed by atoms with Gasteiger partial charge in [0.25, 0.3) is 5.91 Å². The lowest BCUT2D eigenvalue weighted by Crippen LogP contribution is -2.41. The summed E-state index contributed by atoms with van der Waals surface area (Å²) < 4.78 is 32.2. The highest BCUT2D eigenvalue weighted by Crippen LogP contribution is 2.29. The van der Waals surface area contributed by atoms with Crippen molar-refractivity contribution in [2.75, 3.05) is 11.9 Å². The third-order valence-corrected chi connectivity index (χ3v) is 5.80. The fourth-order valence-corrected chi connectivity index (χ4v) is 3.63. The van der Waals surface area contributed by atoms with Crippen molar-refractivity contribution in [2.45, 2.75) is 64.6 Å². The normalized spacial score (nSPS) is 18.6. The number of hydrogen-bond acceptors (Lipinski definition) is 6. The van der Waals surface area contributed by atoms with Gasteiger partial charge in [-0.05, 0) is 38.5 Å². The standard InChI is InChI=1S/C21H26ClF2N7O2/c1-12-16(10-31(30-12)21(2,3)25-4)28-20-26-9-15(22)19(29-20)33-11-13-5-7-14(8-6-13)27-18(32)17(23)24/h9-10,13-14,17H,5-8,11H2,1-3H3,(H,27,32)(H,26,28,29). The molecule has 1 aliphatic carbocycles. The van der Waals surface area contributed by atoms with Crippen molar-refractivity contribution in [3.8, 4) is 5.88 Å². The maximum Gasteiger partial charge on any atom is 0.319 e. The average Bonchev–Trinajstić information content (AvgIpc) is 3.16. The van der Waals surface area contributed by atoms with Crippen molar-refractivity contribution in [1.82, 2.24) is 25.1 Å². The Bertz CT molecular complexity index is 1030. The second-order valence-electron chi connectivity index (χ2n) is 8.49. The topological polar surface area (TPSA) is 98.3 Å². The summed E-state index contributed by atoms with van der Waals surface area (Å²) in [6.45, 7) is 13.0. The first-order valence-corrected chi connectivity index (χ1v) is 10.9. The van der Waals surface area contributed by atoms with Gasteiger partial charge in [0, 0.05) is 19.9 Å². The van der Waals surface area contributed by atoms with Gasteiger partial charge < -0.3 is 15.4 Å². The summed E-state index contributed by atoms with van der Waals surface area (Å²) in [5.41, 5.74) is 0.522. The first kappa shape index (κ1) is 24.6. The smallest absolute Gasteiger partial charge is 0.319 e. The molecule has 12 heteroatoms. The molecule has 0 aliphatic heterocycles. The van der Waals surface area contributed by atoms with Gasteiger partial charge in [-0.1, -0.05) is 11.6 Å². The Kier molecular flexibility index (Phi) is 7.68. The number of aromatic nitrogens is 4. The molecule has 178 valence electrons. The number of aryl methyl sites for hydroxylation is 1. The Morgan fingerprint density at radius 2 is 2.09 bits per heavy atom. The van der Waals surface area contributed by atoms with E-state index in [1.165, 1.54) is 6.20 Å². The predicted molar refractivity (Wildman–Crippen MR) is 119 cm³/mol. The van der Waals surface area contributed by atoms with Gasteiger partial charge in [0.15, 0.2) is 0 Å². The number of anilines is 2. The largest absolute Gasteiger partial charge is 0.476 e. The maximum atomic E-state index is 12.4. The number of nitrogens with zero attached hydrogens (tertiary/aromatic N) is 5. The van der Waals surface area contributed by atoms with Gasteiger partial charge in [0.1, 0.15) is 5.02 Å². The van der Waals surface area contributed by atoms with Gasteiger partial charge in [-0.15, -0.1) is 0 Å². The molecule has 0 bridgehead atoms. The molecule has 1 fully saturated rings. The van der Waals surface area contributed by atoms with Crippen LogP contribution in [-0.2, 0) is 10.5 Å². The van der Waals surface area contributed by atoms with E-state index in [1.807, 2.05) is 6.92 Å². The van der Waals surface area contributed by atoms with Crippen LogP contribution >= 0.6 is 11.6 Å². The molecular formula is C21H26ClF2N7O2. The molecule has 1 aliphatic rings. The summed E-state index contributed by atoms with van der Waals surface area (Å²) in [7, 11) is 0. The number of halogens is 3. The van der Waals surface area contributed by atoms with E-state index in [0.29, 0.717) is 30.8 Å². The van der Waals surface area contributed by atoms with Crippen molar-refractivity contribution in [2.24, 2.45) is 5.92 Å². The molecule has 33 heavy (non-hydrogen) atoms. The monoisotopic (exact) mass is 481 g/mol. The number of rotatable bonds is 8. The minimum atomic E-state index is -2.99. The maximum absolute atomic E-state index is 12.4. The van der Waals surface area contributed by atoms with Gasteiger partial charge >= 0.3 is 12.1 Å². The molecule has 0 saturated heterocycles. The molecule has 2 aromatic heterocycles. The van der Waals surface area contributed by atoms with E-state index in [9.17, 15) is 13.6 Å². The minimum Gasteiger partial charge on any atom is -0.476 e. The third-order valence-electron chi connectivity index (χ3n) is 5.54. The zero-order valence-electron chi connectivity index (χ0n) is 18.6. The van der Waals surface area contributed by atoms with Crippen LogP contribution in [0, 0.1) is 19.4 Å². The highest BCUT2D eigenvalue weighted by Gasteiger charge is 2.28. The van der Waals surface area contributed by atoms with Crippen molar-refractivity contribution >= 4 is 29.1 Å². The van der Waals surface area contributed by atoms with E-state index in [-0.39, 0.29) is 28.8 Å². The summed E-state index contributed by atoms with van der Waals surface area (Å²) in [5, 5.41) is 10.1. The molecule has 0 radical (unpaired) electrons. The molecular weight excluding hydrogens is 456 g/mol. The van der Waals surface area contributed by atoms with Crippen LogP contribution in [-0.4, -0.2) is 44.7 Å². The summed E-state index contributed by atoms with van der Waals surface area (Å²) in [6.07, 6.45) is 2.85. The second kappa shape index (κ2) is 10.3.